The molecule has 2 nitrogen and oxygen atoms in total. The fourth-order valence-corrected chi connectivity index (χ4v) is 2.09. The first-order chi connectivity index (χ1) is 6.66. The lowest BCUT2D eigenvalue weighted by Crippen LogP contribution is -1.88. The van der Waals surface area contributed by atoms with Crippen molar-refractivity contribution in [3.8, 4) is 10.4 Å². The zero-order chi connectivity index (χ0) is 10.1. The average Bonchev–Trinajstić information content (AvgIpc) is 2.51. The molecule has 0 radical (unpaired) electrons. The first-order valence-corrected chi connectivity index (χ1v) is 4.93. The Bertz CT molecular complexity index is 515. The van der Waals surface area contributed by atoms with Gasteiger partial charge < -0.3 is 4.98 Å². The van der Waals surface area contributed by atoms with E-state index in [1.807, 2.05) is 6.92 Å². The van der Waals surface area contributed by atoms with Crippen LogP contribution in [0.25, 0.3) is 10.4 Å². The van der Waals surface area contributed by atoms with Gasteiger partial charge in [-0.25, -0.2) is 4.39 Å². The van der Waals surface area contributed by atoms with Crippen molar-refractivity contribution >= 4 is 11.3 Å². The van der Waals surface area contributed by atoms with E-state index in [2.05, 4.69) is 4.98 Å². The van der Waals surface area contributed by atoms with E-state index in [-0.39, 0.29) is 10.7 Å². The first kappa shape index (κ1) is 9.15. The molecule has 72 valence electrons. The molecule has 0 bridgehead atoms. The Morgan fingerprint density at radius 2 is 2.21 bits per heavy atom. The second-order valence-corrected chi connectivity index (χ2v) is 4.02. The molecule has 0 spiro atoms. The van der Waals surface area contributed by atoms with E-state index in [4.69, 9.17) is 0 Å². The number of nitrogens with one attached hydrogen (secondary N) is 1. The Balaban J connectivity index is 2.57. The maximum Gasteiger partial charge on any atom is 0.305 e. The summed E-state index contributed by atoms with van der Waals surface area (Å²) in [6.45, 7) is 1.82. The van der Waals surface area contributed by atoms with E-state index < -0.39 is 0 Å². The van der Waals surface area contributed by atoms with Crippen molar-refractivity contribution in [2.45, 2.75) is 6.92 Å². The second kappa shape index (κ2) is 3.38. The molecular weight excluding hydrogens is 201 g/mol. The molecule has 1 N–H and O–H groups in total. The smallest absolute Gasteiger partial charge is 0.305 e. The number of aromatic amines is 1. The van der Waals surface area contributed by atoms with E-state index in [0.717, 1.165) is 27.3 Å². The maximum atomic E-state index is 12.8. The number of hydrogen-bond donors (Lipinski definition) is 1. The molecule has 0 saturated heterocycles. The van der Waals surface area contributed by atoms with E-state index in [9.17, 15) is 9.18 Å². The van der Waals surface area contributed by atoms with Crippen molar-refractivity contribution in [2.24, 2.45) is 0 Å². The topological polar surface area (TPSA) is 32.9 Å². The van der Waals surface area contributed by atoms with Gasteiger partial charge in [-0.2, -0.15) is 0 Å². The molecule has 1 aromatic carbocycles. The van der Waals surface area contributed by atoms with Gasteiger partial charge in [0.2, 0.25) is 0 Å². The normalized spacial score (nSPS) is 10.4. The lowest BCUT2D eigenvalue weighted by atomic mass is 10.1. The molecule has 0 fully saturated rings. The summed E-state index contributed by atoms with van der Waals surface area (Å²) in [4.78, 5) is 14.3. The zero-order valence-electron chi connectivity index (χ0n) is 7.50. The maximum absolute atomic E-state index is 12.8. The minimum atomic E-state index is -0.255. The van der Waals surface area contributed by atoms with Crippen LogP contribution in [0.4, 0.5) is 4.39 Å². The van der Waals surface area contributed by atoms with Crippen molar-refractivity contribution in [3.05, 3.63) is 45.4 Å². The van der Waals surface area contributed by atoms with Gasteiger partial charge in [0.15, 0.2) is 0 Å². The van der Waals surface area contributed by atoms with Crippen molar-refractivity contribution in [2.75, 3.05) is 0 Å². The summed E-state index contributed by atoms with van der Waals surface area (Å²) in [6.07, 6.45) is 1.65. The van der Waals surface area contributed by atoms with Crippen LogP contribution in [0.3, 0.4) is 0 Å². The fourth-order valence-electron chi connectivity index (χ4n) is 1.32. The molecule has 1 aromatic heterocycles. The molecule has 0 saturated carbocycles. The monoisotopic (exact) mass is 209 g/mol. The van der Waals surface area contributed by atoms with Crippen molar-refractivity contribution in [1.29, 1.82) is 0 Å². The highest BCUT2D eigenvalue weighted by Crippen LogP contribution is 2.25. The van der Waals surface area contributed by atoms with Crippen LogP contribution in [0, 0.1) is 12.7 Å². The molecule has 0 unspecified atom stereocenters. The third-order valence-corrected chi connectivity index (χ3v) is 2.84. The molecule has 0 amide bonds. The number of aryl methyl sites for hydroxylation is 1. The molecule has 4 heteroatoms. The lowest BCUT2D eigenvalue weighted by Gasteiger charge is -2.01. The third kappa shape index (κ3) is 1.61. The summed E-state index contributed by atoms with van der Waals surface area (Å²) >= 11 is 1.13. The SMILES string of the molecule is Cc1cc(F)ccc1-c1c[nH]c(=O)s1. The van der Waals surface area contributed by atoms with E-state index in [1.54, 1.807) is 12.3 Å². The molecule has 14 heavy (non-hydrogen) atoms. The summed E-state index contributed by atoms with van der Waals surface area (Å²) in [5.74, 6) is -0.255. The molecule has 0 aliphatic carbocycles. The lowest BCUT2D eigenvalue weighted by molar-refractivity contribution is 0.627. The van der Waals surface area contributed by atoms with Crippen LogP contribution in [0.5, 0.6) is 0 Å². The summed E-state index contributed by atoms with van der Waals surface area (Å²) < 4.78 is 12.8. The average molecular weight is 209 g/mol. The van der Waals surface area contributed by atoms with Gasteiger partial charge in [-0.3, -0.25) is 4.79 Å². The van der Waals surface area contributed by atoms with E-state index in [1.165, 1.54) is 12.1 Å². The van der Waals surface area contributed by atoms with Crippen LogP contribution in [-0.4, -0.2) is 4.98 Å². The third-order valence-electron chi connectivity index (χ3n) is 1.98. The van der Waals surface area contributed by atoms with Crippen LogP contribution in [-0.2, 0) is 0 Å². The van der Waals surface area contributed by atoms with Gasteiger partial charge in [-0.15, -0.1) is 0 Å². The van der Waals surface area contributed by atoms with Gasteiger partial charge in [0.05, 0.1) is 4.88 Å². The summed E-state index contributed by atoms with van der Waals surface area (Å²) in [6, 6.07) is 4.54. The predicted molar refractivity (Wildman–Crippen MR) is 55.1 cm³/mol. The number of hydrogen-bond acceptors (Lipinski definition) is 2. The Kier molecular flexibility index (Phi) is 2.21. The van der Waals surface area contributed by atoms with E-state index >= 15 is 0 Å². The van der Waals surface area contributed by atoms with Crippen LogP contribution in [0.1, 0.15) is 5.56 Å². The second-order valence-electron chi connectivity index (χ2n) is 3.00. The summed E-state index contributed by atoms with van der Waals surface area (Å²) in [5.41, 5.74) is 1.73. The Hall–Kier alpha value is -1.42. The molecule has 0 aliphatic heterocycles. The fraction of sp³-hybridized carbons (Fsp3) is 0.100. The van der Waals surface area contributed by atoms with Gasteiger partial charge in [0.1, 0.15) is 5.82 Å². The minimum Gasteiger partial charge on any atom is -0.319 e. The Labute approximate surface area is 84.0 Å². The van der Waals surface area contributed by atoms with Crippen molar-refractivity contribution in [1.82, 2.24) is 4.98 Å². The van der Waals surface area contributed by atoms with Crippen LogP contribution >= 0.6 is 11.3 Å². The van der Waals surface area contributed by atoms with Crippen molar-refractivity contribution in [3.63, 3.8) is 0 Å². The summed E-state index contributed by atoms with van der Waals surface area (Å²) in [7, 11) is 0. The van der Waals surface area contributed by atoms with Crippen molar-refractivity contribution < 1.29 is 4.39 Å². The number of aromatic nitrogens is 1. The molecule has 1 heterocycles. The zero-order valence-corrected chi connectivity index (χ0v) is 8.32. The highest BCUT2D eigenvalue weighted by molar-refractivity contribution is 7.12. The molecular formula is C10H8FNOS. The molecule has 0 atom stereocenters. The predicted octanol–water partition coefficient (Wildman–Crippen LogP) is 2.55. The van der Waals surface area contributed by atoms with Gasteiger partial charge >= 0.3 is 4.87 Å². The largest absolute Gasteiger partial charge is 0.319 e. The van der Waals surface area contributed by atoms with Gasteiger partial charge in [0.25, 0.3) is 0 Å². The van der Waals surface area contributed by atoms with Gasteiger partial charge in [-0.05, 0) is 30.2 Å². The number of H-pyrrole nitrogens is 1. The van der Waals surface area contributed by atoms with Crippen LogP contribution < -0.4 is 4.87 Å². The number of rotatable bonds is 1. The molecule has 0 aliphatic rings. The molecule has 2 aromatic rings. The number of halogens is 1. The van der Waals surface area contributed by atoms with Gasteiger partial charge in [0, 0.05) is 6.20 Å². The highest BCUT2D eigenvalue weighted by atomic mass is 32.1. The summed E-state index contributed by atoms with van der Waals surface area (Å²) in [5, 5.41) is 0. The highest BCUT2D eigenvalue weighted by Gasteiger charge is 2.05. The first-order valence-electron chi connectivity index (χ1n) is 4.12. The quantitative estimate of drug-likeness (QED) is 0.769. The van der Waals surface area contributed by atoms with Crippen LogP contribution in [0.2, 0.25) is 0 Å². The Morgan fingerprint density at radius 3 is 2.79 bits per heavy atom. The number of benzene rings is 1. The van der Waals surface area contributed by atoms with Gasteiger partial charge in [-0.1, -0.05) is 17.4 Å². The van der Waals surface area contributed by atoms with Crippen LogP contribution in [0.15, 0.2) is 29.2 Å². The standard InChI is InChI=1S/C10H8FNOS/c1-6-4-7(11)2-3-8(6)9-5-12-10(13)14-9/h2-5H,1H3,(H,12,13). The Morgan fingerprint density at radius 1 is 1.43 bits per heavy atom. The van der Waals surface area contributed by atoms with E-state index in [0.29, 0.717) is 0 Å². The molecule has 2 rings (SSSR count). The number of thiazole rings is 1. The minimum absolute atomic E-state index is 0.0938.